The van der Waals surface area contributed by atoms with Gasteiger partial charge < -0.3 is 15.4 Å². The highest BCUT2D eigenvalue weighted by molar-refractivity contribution is 5.85. The molecule has 0 amide bonds. The maximum absolute atomic E-state index is 5.50. The van der Waals surface area contributed by atoms with Crippen LogP contribution in [-0.2, 0) is 30.7 Å². The number of halogens is 2. The van der Waals surface area contributed by atoms with Gasteiger partial charge >= 0.3 is 0 Å². The summed E-state index contributed by atoms with van der Waals surface area (Å²) in [6.45, 7) is 10.4. The van der Waals surface area contributed by atoms with Crippen LogP contribution in [0.2, 0.25) is 0 Å². The number of aromatic nitrogens is 5. The lowest BCUT2D eigenvalue weighted by Crippen LogP contribution is -2.17. The minimum absolute atomic E-state index is 0. The van der Waals surface area contributed by atoms with E-state index < -0.39 is 0 Å². The molecule has 0 aromatic carbocycles. The third kappa shape index (κ3) is 6.27. The monoisotopic (exact) mass is 417 g/mol. The average Bonchev–Trinajstić information content (AvgIpc) is 2.78. The first-order valence-electron chi connectivity index (χ1n) is 8.96. The lowest BCUT2D eigenvalue weighted by Gasteiger charge is -2.15. The van der Waals surface area contributed by atoms with Gasteiger partial charge in [-0.1, -0.05) is 0 Å². The van der Waals surface area contributed by atoms with E-state index in [1.807, 2.05) is 25.5 Å². The van der Waals surface area contributed by atoms with Gasteiger partial charge in [-0.15, -0.1) is 24.8 Å². The van der Waals surface area contributed by atoms with Gasteiger partial charge in [0.1, 0.15) is 24.1 Å². The molecule has 0 fully saturated rings. The van der Waals surface area contributed by atoms with Crippen molar-refractivity contribution in [2.45, 2.75) is 46.8 Å². The summed E-state index contributed by atoms with van der Waals surface area (Å²) in [7, 11) is 0. The Morgan fingerprint density at radius 1 is 1.11 bits per heavy atom. The standard InChI is InChI=1S/C17H27N7O.2ClH/c1-4-25-11-16-21-15-6-8-18-7-5-14(15)17(22-16)19-9-10-24-13(3)20-12(2)23-24;;/h18H,4-11H2,1-3H3,(H,19,21,22);2*1H. The zero-order valence-electron chi connectivity index (χ0n) is 16.1. The Bertz CT molecular complexity index is 724. The molecule has 27 heavy (non-hydrogen) atoms. The number of rotatable bonds is 7. The predicted octanol–water partition coefficient (Wildman–Crippen LogP) is 1.87. The molecule has 0 spiro atoms. The first-order chi connectivity index (χ1) is 12.2. The Hall–Kier alpha value is -1.48. The van der Waals surface area contributed by atoms with Gasteiger partial charge in [-0.2, -0.15) is 5.10 Å². The van der Waals surface area contributed by atoms with Gasteiger partial charge in [-0.3, -0.25) is 0 Å². The fourth-order valence-corrected chi connectivity index (χ4v) is 3.05. The molecule has 0 unspecified atom stereocenters. The minimum Gasteiger partial charge on any atom is -0.374 e. The molecule has 1 aliphatic rings. The van der Waals surface area contributed by atoms with Gasteiger partial charge in [0.25, 0.3) is 0 Å². The van der Waals surface area contributed by atoms with E-state index in [9.17, 15) is 0 Å². The SMILES string of the molecule is CCOCc1nc2c(c(NCCn3nc(C)nc3C)n1)CCNCC2.Cl.Cl. The Morgan fingerprint density at radius 3 is 2.59 bits per heavy atom. The molecule has 3 rings (SSSR count). The van der Waals surface area contributed by atoms with Crippen LogP contribution >= 0.6 is 24.8 Å². The van der Waals surface area contributed by atoms with Crippen LogP contribution in [0, 0.1) is 13.8 Å². The molecule has 3 heterocycles. The van der Waals surface area contributed by atoms with Crippen LogP contribution in [0.3, 0.4) is 0 Å². The van der Waals surface area contributed by atoms with Crippen LogP contribution < -0.4 is 10.6 Å². The summed E-state index contributed by atoms with van der Waals surface area (Å²) in [6.07, 6.45) is 1.86. The second-order valence-corrected chi connectivity index (χ2v) is 6.16. The Balaban J connectivity index is 0.00000182. The fourth-order valence-electron chi connectivity index (χ4n) is 3.05. The molecule has 0 radical (unpaired) electrons. The summed E-state index contributed by atoms with van der Waals surface area (Å²) in [5.41, 5.74) is 2.35. The van der Waals surface area contributed by atoms with E-state index in [1.165, 1.54) is 5.56 Å². The molecule has 1 aliphatic heterocycles. The van der Waals surface area contributed by atoms with Crippen molar-refractivity contribution in [1.29, 1.82) is 0 Å². The van der Waals surface area contributed by atoms with Crippen molar-refractivity contribution in [2.24, 2.45) is 0 Å². The molecule has 0 aliphatic carbocycles. The number of fused-ring (bicyclic) bond motifs is 1. The van der Waals surface area contributed by atoms with Gasteiger partial charge in [0.15, 0.2) is 5.82 Å². The summed E-state index contributed by atoms with van der Waals surface area (Å²) in [6, 6.07) is 0. The van der Waals surface area contributed by atoms with Crippen molar-refractivity contribution in [3.8, 4) is 0 Å². The van der Waals surface area contributed by atoms with Gasteiger partial charge in [0, 0.05) is 31.7 Å². The summed E-state index contributed by atoms with van der Waals surface area (Å²) in [5, 5.41) is 11.3. The van der Waals surface area contributed by atoms with E-state index in [0.717, 1.165) is 68.0 Å². The number of hydrogen-bond donors (Lipinski definition) is 2. The highest BCUT2D eigenvalue weighted by atomic mass is 35.5. The third-order valence-corrected chi connectivity index (χ3v) is 4.24. The molecule has 2 N–H and O–H groups in total. The molecule has 8 nitrogen and oxygen atoms in total. The van der Waals surface area contributed by atoms with E-state index in [-0.39, 0.29) is 24.8 Å². The number of ether oxygens (including phenoxy) is 1. The number of anilines is 1. The maximum atomic E-state index is 5.50. The van der Waals surface area contributed by atoms with Crippen molar-refractivity contribution in [1.82, 2.24) is 30.0 Å². The van der Waals surface area contributed by atoms with E-state index in [0.29, 0.717) is 13.2 Å². The quantitative estimate of drug-likeness (QED) is 0.710. The molecule has 0 saturated heterocycles. The largest absolute Gasteiger partial charge is 0.374 e. The Kier molecular flexibility index (Phi) is 9.93. The third-order valence-electron chi connectivity index (χ3n) is 4.24. The number of hydrogen-bond acceptors (Lipinski definition) is 7. The summed E-state index contributed by atoms with van der Waals surface area (Å²) >= 11 is 0. The molecule has 0 atom stereocenters. The van der Waals surface area contributed by atoms with Crippen LogP contribution in [0.4, 0.5) is 5.82 Å². The number of aryl methyl sites for hydroxylation is 2. The van der Waals surface area contributed by atoms with Crippen LogP contribution in [0.15, 0.2) is 0 Å². The molecule has 2 aromatic heterocycles. The zero-order chi connectivity index (χ0) is 17.6. The summed E-state index contributed by atoms with van der Waals surface area (Å²) in [4.78, 5) is 13.8. The molecule has 0 bridgehead atoms. The average molecular weight is 418 g/mol. The minimum atomic E-state index is 0. The van der Waals surface area contributed by atoms with Crippen LogP contribution in [0.5, 0.6) is 0 Å². The van der Waals surface area contributed by atoms with Gasteiger partial charge in [-0.05, 0) is 33.7 Å². The van der Waals surface area contributed by atoms with E-state index in [4.69, 9.17) is 14.7 Å². The topological polar surface area (TPSA) is 89.8 Å². The highest BCUT2D eigenvalue weighted by Gasteiger charge is 2.16. The van der Waals surface area contributed by atoms with Gasteiger partial charge in [0.05, 0.1) is 12.2 Å². The second-order valence-electron chi connectivity index (χ2n) is 6.16. The number of nitrogens with zero attached hydrogens (tertiary/aromatic N) is 5. The maximum Gasteiger partial charge on any atom is 0.156 e. The van der Waals surface area contributed by atoms with Crippen LogP contribution in [0.1, 0.15) is 35.7 Å². The zero-order valence-corrected chi connectivity index (χ0v) is 17.8. The summed E-state index contributed by atoms with van der Waals surface area (Å²) in [5.74, 6) is 3.41. The first kappa shape index (κ1) is 23.6. The summed E-state index contributed by atoms with van der Waals surface area (Å²) < 4.78 is 7.42. The molecular weight excluding hydrogens is 389 g/mol. The molecule has 152 valence electrons. The molecule has 2 aromatic rings. The van der Waals surface area contributed by atoms with E-state index in [2.05, 4.69) is 20.7 Å². The number of nitrogens with one attached hydrogen (secondary N) is 2. The van der Waals surface area contributed by atoms with Crippen molar-refractivity contribution in [3.05, 3.63) is 28.7 Å². The van der Waals surface area contributed by atoms with Crippen LogP contribution in [0.25, 0.3) is 0 Å². The fraction of sp³-hybridized carbons (Fsp3) is 0.647. The highest BCUT2D eigenvalue weighted by Crippen LogP contribution is 2.20. The van der Waals surface area contributed by atoms with Crippen molar-refractivity contribution < 1.29 is 4.74 Å². The Labute approximate surface area is 172 Å². The lowest BCUT2D eigenvalue weighted by molar-refractivity contribution is 0.128. The van der Waals surface area contributed by atoms with E-state index in [1.54, 1.807) is 0 Å². The van der Waals surface area contributed by atoms with Crippen molar-refractivity contribution in [2.75, 3.05) is 31.6 Å². The van der Waals surface area contributed by atoms with Crippen molar-refractivity contribution >= 4 is 30.6 Å². The van der Waals surface area contributed by atoms with Gasteiger partial charge in [0.2, 0.25) is 0 Å². The van der Waals surface area contributed by atoms with Crippen LogP contribution in [-0.4, -0.2) is 51.0 Å². The molecular formula is C17H29Cl2N7O. The predicted molar refractivity (Wildman–Crippen MR) is 110 cm³/mol. The van der Waals surface area contributed by atoms with E-state index >= 15 is 0 Å². The first-order valence-corrected chi connectivity index (χ1v) is 8.96. The second kappa shape index (κ2) is 11.4. The lowest BCUT2D eigenvalue weighted by atomic mass is 10.1. The van der Waals surface area contributed by atoms with Gasteiger partial charge in [-0.25, -0.2) is 19.6 Å². The Morgan fingerprint density at radius 2 is 1.89 bits per heavy atom. The normalized spacial score (nSPS) is 13.1. The smallest absolute Gasteiger partial charge is 0.156 e. The van der Waals surface area contributed by atoms with Crippen molar-refractivity contribution in [3.63, 3.8) is 0 Å². The molecule has 0 saturated carbocycles. The molecule has 10 heteroatoms.